The highest BCUT2D eigenvalue weighted by molar-refractivity contribution is 7.90. The van der Waals surface area contributed by atoms with Crippen molar-refractivity contribution in [2.45, 2.75) is 4.90 Å². The fraction of sp³-hybridized carbons (Fsp3) is 0.222. The van der Waals surface area contributed by atoms with E-state index in [1.807, 2.05) is 32.3 Å². The van der Waals surface area contributed by atoms with E-state index >= 15 is 0 Å². The molecule has 0 amide bonds. The van der Waals surface area contributed by atoms with Gasteiger partial charge >= 0.3 is 0 Å². The highest BCUT2D eigenvalue weighted by Gasteiger charge is 2.06. The average molecular weight is 196 g/mol. The smallest absolute Gasteiger partial charge is 0.182 e. The molecular weight excluding hydrogens is 184 g/mol. The third-order valence-electron chi connectivity index (χ3n) is 1.32. The van der Waals surface area contributed by atoms with Crippen LogP contribution in [0.2, 0.25) is 0 Å². The van der Waals surface area contributed by atoms with Crippen LogP contribution >= 0.6 is 0 Å². The lowest BCUT2D eigenvalue weighted by atomic mass is 10.4. The van der Waals surface area contributed by atoms with Gasteiger partial charge in [-0.25, -0.2) is 0 Å². The molecule has 0 radical (unpaired) electrons. The van der Waals surface area contributed by atoms with E-state index in [2.05, 4.69) is 4.40 Å². The van der Waals surface area contributed by atoms with Crippen molar-refractivity contribution in [3.63, 3.8) is 0 Å². The molecule has 0 saturated carbocycles. The minimum absolute atomic E-state index is 0.723. The maximum absolute atomic E-state index is 11.4. The van der Waals surface area contributed by atoms with E-state index in [4.69, 9.17) is 0 Å². The Hall–Kier alpha value is -1.00. The normalized spacial score (nSPS) is 13.2. The first kappa shape index (κ1) is 10.1. The third-order valence-corrected chi connectivity index (χ3v) is 2.28. The van der Waals surface area contributed by atoms with Crippen LogP contribution in [-0.4, -0.2) is 29.9 Å². The molecule has 1 rings (SSSR count). The van der Waals surface area contributed by atoms with Gasteiger partial charge < -0.3 is 9.45 Å². The molecule has 70 valence electrons. The molecule has 0 bridgehead atoms. The van der Waals surface area contributed by atoms with Crippen molar-refractivity contribution in [2.75, 3.05) is 14.1 Å². The second-order valence-corrected chi connectivity index (χ2v) is 3.93. The van der Waals surface area contributed by atoms with E-state index in [0.29, 0.717) is 0 Å². The first-order chi connectivity index (χ1) is 6.20. The molecule has 0 aliphatic carbocycles. The van der Waals surface area contributed by atoms with Crippen molar-refractivity contribution in [2.24, 2.45) is 4.40 Å². The Labute approximate surface area is 81.4 Å². The van der Waals surface area contributed by atoms with Gasteiger partial charge in [0, 0.05) is 14.1 Å². The molecule has 1 aromatic carbocycles. The largest absolute Gasteiger partial charge is 0.586 e. The van der Waals surface area contributed by atoms with Crippen molar-refractivity contribution < 1.29 is 4.55 Å². The predicted molar refractivity (Wildman–Crippen MR) is 55.0 cm³/mol. The summed E-state index contributed by atoms with van der Waals surface area (Å²) in [5.41, 5.74) is 0. The van der Waals surface area contributed by atoms with Gasteiger partial charge in [0.25, 0.3) is 0 Å². The van der Waals surface area contributed by atoms with Gasteiger partial charge in [0.1, 0.15) is 17.7 Å². The highest BCUT2D eigenvalue weighted by Crippen LogP contribution is 2.10. The van der Waals surface area contributed by atoms with Crippen LogP contribution in [-0.2, 0) is 11.4 Å². The molecule has 0 aromatic heterocycles. The molecule has 0 aliphatic heterocycles. The number of rotatable bonds is 3. The van der Waals surface area contributed by atoms with E-state index in [9.17, 15) is 4.55 Å². The second-order valence-electron chi connectivity index (χ2n) is 2.75. The van der Waals surface area contributed by atoms with Gasteiger partial charge in [0.05, 0.1) is 0 Å². The molecule has 0 saturated heterocycles. The monoisotopic (exact) mass is 196 g/mol. The van der Waals surface area contributed by atoms with Gasteiger partial charge in [0.2, 0.25) is 0 Å². The van der Waals surface area contributed by atoms with Gasteiger partial charge in [-0.15, -0.1) is 0 Å². The maximum Gasteiger partial charge on any atom is 0.182 e. The number of nitrogens with zero attached hydrogens (tertiary/aromatic N) is 2. The molecular formula is C9H12N2OS. The first-order valence-electron chi connectivity index (χ1n) is 3.87. The standard InChI is InChI=1S/C9H12N2OS/c1-11(2)8-10-13(12)9-6-4-3-5-7-9/h3-8H,1-2H3/b10-8+. The Bertz CT molecular complexity index is 274. The van der Waals surface area contributed by atoms with Gasteiger partial charge in [-0.2, -0.15) is 0 Å². The molecule has 0 N–H and O–H groups in total. The van der Waals surface area contributed by atoms with Crippen LogP contribution in [0.25, 0.3) is 0 Å². The van der Waals surface area contributed by atoms with Crippen LogP contribution in [0.3, 0.4) is 0 Å². The highest BCUT2D eigenvalue weighted by atomic mass is 32.2. The van der Waals surface area contributed by atoms with Crippen LogP contribution in [0.4, 0.5) is 0 Å². The lowest BCUT2D eigenvalue weighted by Gasteiger charge is -2.04. The molecule has 0 spiro atoms. The lowest BCUT2D eigenvalue weighted by Crippen LogP contribution is -2.10. The molecule has 13 heavy (non-hydrogen) atoms. The van der Waals surface area contributed by atoms with Gasteiger partial charge in [-0.05, 0) is 16.5 Å². The van der Waals surface area contributed by atoms with E-state index in [1.165, 1.54) is 0 Å². The molecule has 1 aromatic rings. The lowest BCUT2D eigenvalue weighted by molar-refractivity contribution is 0.594. The summed E-state index contributed by atoms with van der Waals surface area (Å²) in [7, 11) is 3.68. The zero-order valence-corrected chi connectivity index (χ0v) is 8.49. The van der Waals surface area contributed by atoms with Gasteiger partial charge in [0.15, 0.2) is 4.90 Å². The van der Waals surface area contributed by atoms with Crippen LogP contribution in [0.1, 0.15) is 0 Å². The Balaban J connectivity index is 2.64. The summed E-state index contributed by atoms with van der Waals surface area (Å²) in [5, 5.41) is 0. The van der Waals surface area contributed by atoms with Crippen molar-refractivity contribution in [1.82, 2.24) is 4.90 Å². The van der Waals surface area contributed by atoms with Crippen molar-refractivity contribution in [3.05, 3.63) is 30.3 Å². The molecule has 0 aliphatic rings. The van der Waals surface area contributed by atoms with Gasteiger partial charge in [-0.1, -0.05) is 18.2 Å². The van der Waals surface area contributed by atoms with E-state index in [-0.39, 0.29) is 0 Å². The number of hydrogen-bond donors (Lipinski definition) is 0. The fourth-order valence-corrected chi connectivity index (χ4v) is 1.52. The maximum atomic E-state index is 11.4. The summed E-state index contributed by atoms with van der Waals surface area (Å²) < 4.78 is 15.3. The topological polar surface area (TPSA) is 38.7 Å². The minimum atomic E-state index is -1.28. The predicted octanol–water partition coefficient (Wildman–Crippen LogP) is 1.30. The molecule has 0 heterocycles. The zero-order valence-electron chi connectivity index (χ0n) is 7.68. The summed E-state index contributed by atoms with van der Waals surface area (Å²) in [4.78, 5) is 2.47. The summed E-state index contributed by atoms with van der Waals surface area (Å²) in [6.45, 7) is 0. The van der Waals surface area contributed by atoms with Crippen LogP contribution < -0.4 is 0 Å². The summed E-state index contributed by atoms with van der Waals surface area (Å²) in [6.07, 6.45) is 1.54. The first-order valence-corrected chi connectivity index (χ1v) is 4.98. The average Bonchev–Trinajstić information content (AvgIpc) is 2.15. The summed E-state index contributed by atoms with van der Waals surface area (Å²) >= 11 is -1.28. The second kappa shape index (κ2) is 4.89. The van der Waals surface area contributed by atoms with Crippen LogP contribution in [0, 0.1) is 0 Å². The van der Waals surface area contributed by atoms with Crippen LogP contribution in [0.5, 0.6) is 0 Å². The zero-order chi connectivity index (χ0) is 9.68. The summed E-state index contributed by atoms with van der Waals surface area (Å²) in [6, 6.07) is 9.17. The Morgan fingerprint density at radius 1 is 1.31 bits per heavy atom. The fourth-order valence-electron chi connectivity index (χ4n) is 0.735. The molecule has 3 nitrogen and oxygen atoms in total. The van der Waals surface area contributed by atoms with E-state index in [0.717, 1.165) is 4.90 Å². The Kier molecular flexibility index (Phi) is 3.79. The quantitative estimate of drug-likeness (QED) is 0.415. The number of benzene rings is 1. The Morgan fingerprint density at radius 2 is 1.92 bits per heavy atom. The number of hydrogen-bond acceptors (Lipinski definition) is 2. The van der Waals surface area contributed by atoms with E-state index in [1.54, 1.807) is 23.4 Å². The van der Waals surface area contributed by atoms with Crippen LogP contribution in [0.15, 0.2) is 39.6 Å². The minimum Gasteiger partial charge on any atom is -0.586 e. The molecule has 1 atom stereocenters. The molecule has 0 fully saturated rings. The summed E-state index contributed by atoms with van der Waals surface area (Å²) in [5.74, 6) is 0. The van der Waals surface area contributed by atoms with Crippen molar-refractivity contribution in [1.29, 1.82) is 0 Å². The molecule has 4 heteroatoms. The third kappa shape index (κ3) is 3.48. The SMILES string of the molecule is CN(C)/C=N/[S+]([O-])c1ccccc1. The van der Waals surface area contributed by atoms with E-state index < -0.39 is 11.4 Å². The van der Waals surface area contributed by atoms with Crippen molar-refractivity contribution in [3.8, 4) is 0 Å². The van der Waals surface area contributed by atoms with Crippen molar-refractivity contribution >= 4 is 17.7 Å². The van der Waals surface area contributed by atoms with Gasteiger partial charge in [-0.3, -0.25) is 0 Å². The Morgan fingerprint density at radius 3 is 2.46 bits per heavy atom. The molecule has 1 unspecified atom stereocenters.